The number of phosphoric ester groups is 1. The molecule has 0 amide bonds. The van der Waals surface area contributed by atoms with Crippen LogP contribution in [0.3, 0.4) is 0 Å². The standard InChI is InChI=1S/C42H79O10P/c1-3-5-7-9-11-13-15-16-17-18-19-20-21-22-24-26-28-30-32-34-42(46)52-40(38-51-53(47,48)50-36-39(44)35-43)37-49-41(45)33-31-29-27-25-23-14-12-10-8-6-4-2/h11,13,16-17,39-40,43-44H,3-10,12,14-15,18-38H2,1-2H3,(H,47,48)/b13-11-,17-16-. The van der Waals surface area contributed by atoms with Crippen molar-refractivity contribution in [1.82, 2.24) is 0 Å². The van der Waals surface area contributed by atoms with E-state index in [0.29, 0.717) is 12.8 Å². The van der Waals surface area contributed by atoms with Crippen LogP contribution in [0, 0.1) is 0 Å². The lowest BCUT2D eigenvalue weighted by Crippen LogP contribution is -2.29. The molecule has 0 rings (SSSR count). The summed E-state index contributed by atoms with van der Waals surface area (Å²) in [6.07, 6.45) is 37.1. The molecule has 0 aromatic carbocycles. The normalized spacial score (nSPS) is 14.1. The average Bonchev–Trinajstić information content (AvgIpc) is 3.14. The highest BCUT2D eigenvalue weighted by atomic mass is 31.2. The molecule has 11 heteroatoms. The Balaban J connectivity index is 4.26. The van der Waals surface area contributed by atoms with E-state index >= 15 is 0 Å². The summed E-state index contributed by atoms with van der Waals surface area (Å²) in [5, 5.41) is 18.3. The van der Waals surface area contributed by atoms with E-state index in [0.717, 1.165) is 51.4 Å². The Hall–Kier alpha value is -1.55. The van der Waals surface area contributed by atoms with Crippen LogP contribution in [0.5, 0.6) is 0 Å². The Labute approximate surface area is 323 Å². The number of hydrogen-bond acceptors (Lipinski definition) is 9. The largest absolute Gasteiger partial charge is 0.472 e. The molecule has 0 aliphatic heterocycles. The number of unbranched alkanes of at least 4 members (excludes halogenated alkanes) is 22. The van der Waals surface area contributed by atoms with Crippen molar-refractivity contribution >= 4 is 19.8 Å². The monoisotopic (exact) mass is 775 g/mol. The molecule has 0 heterocycles. The number of aliphatic hydroxyl groups is 2. The number of carbonyl (C=O) groups excluding carboxylic acids is 2. The Morgan fingerprint density at radius 2 is 0.981 bits per heavy atom. The third-order valence-corrected chi connectivity index (χ3v) is 10.1. The molecule has 312 valence electrons. The van der Waals surface area contributed by atoms with Gasteiger partial charge >= 0.3 is 19.8 Å². The summed E-state index contributed by atoms with van der Waals surface area (Å²) in [6.45, 7) is 2.35. The van der Waals surface area contributed by atoms with Gasteiger partial charge < -0.3 is 24.6 Å². The zero-order chi connectivity index (χ0) is 39.1. The molecule has 0 aromatic rings. The molecule has 0 saturated carbocycles. The minimum absolute atomic E-state index is 0.182. The third kappa shape index (κ3) is 38.5. The predicted molar refractivity (Wildman–Crippen MR) is 215 cm³/mol. The summed E-state index contributed by atoms with van der Waals surface area (Å²) in [5.41, 5.74) is 0. The van der Waals surface area contributed by atoms with Gasteiger partial charge in [0, 0.05) is 12.8 Å². The Morgan fingerprint density at radius 3 is 1.49 bits per heavy atom. The Kier molecular flexibility index (Phi) is 37.6. The van der Waals surface area contributed by atoms with Crippen LogP contribution in [-0.4, -0.2) is 65.7 Å². The van der Waals surface area contributed by atoms with Crippen molar-refractivity contribution in [3.8, 4) is 0 Å². The van der Waals surface area contributed by atoms with Gasteiger partial charge in [-0.1, -0.05) is 160 Å². The van der Waals surface area contributed by atoms with Gasteiger partial charge in [-0.2, -0.15) is 0 Å². The average molecular weight is 775 g/mol. The molecule has 3 N–H and O–H groups in total. The molecule has 10 nitrogen and oxygen atoms in total. The molecule has 53 heavy (non-hydrogen) atoms. The summed E-state index contributed by atoms with van der Waals surface area (Å²) in [6, 6.07) is 0. The number of carbonyl (C=O) groups is 2. The van der Waals surface area contributed by atoms with Gasteiger partial charge in [-0.25, -0.2) is 4.57 Å². The van der Waals surface area contributed by atoms with E-state index in [4.69, 9.17) is 19.1 Å². The number of phosphoric acid groups is 1. The van der Waals surface area contributed by atoms with Crippen LogP contribution in [0.15, 0.2) is 24.3 Å². The van der Waals surface area contributed by atoms with Crippen molar-refractivity contribution in [1.29, 1.82) is 0 Å². The third-order valence-electron chi connectivity index (χ3n) is 9.11. The summed E-state index contributed by atoms with van der Waals surface area (Å²) < 4.78 is 32.7. The second-order valence-corrected chi connectivity index (χ2v) is 15.8. The van der Waals surface area contributed by atoms with Gasteiger partial charge in [-0.3, -0.25) is 18.6 Å². The molecule has 0 aromatic heterocycles. The quantitative estimate of drug-likeness (QED) is 0.0238. The highest BCUT2D eigenvalue weighted by Crippen LogP contribution is 2.43. The number of aliphatic hydroxyl groups excluding tert-OH is 2. The van der Waals surface area contributed by atoms with Gasteiger partial charge in [0.05, 0.1) is 19.8 Å². The fraction of sp³-hybridized carbons (Fsp3) is 0.857. The summed E-state index contributed by atoms with van der Waals surface area (Å²) in [7, 11) is -4.61. The first-order valence-corrected chi connectivity index (χ1v) is 22.8. The maximum absolute atomic E-state index is 12.6. The van der Waals surface area contributed by atoms with E-state index < -0.39 is 51.8 Å². The van der Waals surface area contributed by atoms with E-state index in [9.17, 15) is 24.2 Å². The van der Waals surface area contributed by atoms with Gasteiger partial charge in [0.2, 0.25) is 0 Å². The van der Waals surface area contributed by atoms with Crippen LogP contribution >= 0.6 is 7.82 Å². The second kappa shape index (κ2) is 38.7. The SMILES string of the molecule is CCCCC/C=C\C/C=C\CCCCCCCCCCCC(=O)OC(COC(=O)CCCCCCCCCCCCC)COP(=O)(O)OCC(O)CO. The van der Waals surface area contributed by atoms with E-state index in [2.05, 4.69) is 42.7 Å². The maximum Gasteiger partial charge on any atom is 0.472 e. The Morgan fingerprint density at radius 1 is 0.566 bits per heavy atom. The number of allylic oxidation sites excluding steroid dienone is 4. The number of ether oxygens (including phenoxy) is 2. The van der Waals surface area contributed by atoms with E-state index in [-0.39, 0.29) is 19.4 Å². The van der Waals surface area contributed by atoms with Crippen molar-refractivity contribution in [3.63, 3.8) is 0 Å². The molecule has 0 radical (unpaired) electrons. The van der Waals surface area contributed by atoms with Crippen LogP contribution in [0.4, 0.5) is 0 Å². The first-order valence-electron chi connectivity index (χ1n) is 21.3. The van der Waals surface area contributed by atoms with Crippen LogP contribution in [-0.2, 0) is 32.7 Å². The van der Waals surface area contributed by atoms with E-state index in [1.54, 1.807) is 0 Å². The molecule has 0 aliphatic rings. The first-order chi connectivity index (χ1) is 25.7. The van der Waals surface area contributed by atoms with Gasteiger partial charge in [0.15, 0.2) is 6.10 Å². The molecule has 0 saturated heterocycles. The Bertz CT molecular complexity index is 941. The van der Waals surface area contributed by atoms with Gasteiger partial charge in [0.25, 0.3) is 0 Å². The molecule has 0 spiro atoms. The highest BCUT2D eigenvalue weighted by molar-refractivity contribution is 7.47. The van der Waals surface area contributed by atoms with E-state index in [1.807, 2.05) is 0 Å². The number of hydrogen-bond donors (Lipinski definition) is 3. The van der Waals surface area contributed by atoms with Crippen LogP contribution < -0.4 is 0 Å². The van der Waals surface area contributed by atoms with Crippen molar-refractivity contribution in [2.45, 2.75) is 206 Å². The van der Waals surface area contributed by atoms with Crippen LogP contribution in [0.25, 0.3) is 0 Å². The fourth-order valence-electron chi connectivity index (χ4n) is 5.79. The molecule has 0 fully saturated rings. The van der Waals surface area contributed by atoms with Crippen LogP contribution in [0.2, 0.25) is 0 Å². The zero-order valence-electron chi connectivity index (χ0n) is 33.7. The molecular formula is C42H79O10P. The molecule has 3 atom stereocenters. The lowest BCUT2D eigenvalue weighted by Gasteiger charge is -2.20. The predicted octanol–water partition coefficient (Wildman–Crippen LogP) is 11.0. The van der Waals surface area contributed by atoms with E-state index in [1.165, 1.54) is 103 Å². The summed E-state index contributed by atoms with van der Waals surface area (Å²) in [5.74, 6) is -0.925. The summed E-state index contributed by atoms with van der Waals surface area (Å²) >= 11 is 0. The van der Waals surface area contributed by atoms with Crippen molar-refractivity contribution in [3.05, 3.63) is 24.3 Å². The second-order valence-electron chi connectivity index (χ2n) is 14.4. The number of esters is 2. The topological polar surface area (TPSA) is 149 Å². The molecule has 0 bridgehead atoms. The van der Waals surface area contributed by atoms with Crippen LogP contribution in [0.1, 0.15) is 194 Å². The summed E-state index contributed by atoms with van der Waals surface area (Å²) in [4.78, 5) is 34.9. The molecule has 0 aliphatic carbocycles. The number of rotatable bonds is 40. The van der Waals surface area contributed by atoms with Gasteiger partial charge in [-0.15, -0.1) is 0 Å². The van der Waals surface area contributed by atoms with Crippen molar-refractivity contribution < 1.29 is 47.8 Å². The van der Waals surface area contributed by atoms with Gasteiger partial charge in [-0.05, 0) is 44.9 Å². The smallest absolute Gasteiger partial charge is 0.462 e. The zero-order valence-corrected chi connectivity index (χ0v) is 34.6. The first kappa shape index (κ1) is 51.5. The maximum atomic E-state index is 12.6. The lowest BCUT2D eigenvalue weighted by atomic mass is 10.1. The lowest BCUT2D eigenvalue weighted by molar-refractivity contribution is -0.161. The van der Waals surface area contributed by atoms with Crippen molar-refractivity contribution in [2.75, 3.05) is 26.4 Å². The van der Waals surface area contributed by atoms with Crippen molar-refractivity contribution in [2.24, 2.45) is 0 Å². The minimum Gasteiger partial charge on any atom is -0.462 e. The molecule has 3 unspecified atom stereocenters. The van der Waals surface area contributed by atoms with Gasteiger partial charge in [0.1, 0.15) is 12.7 Å². The fourth-order valence-corrected chi connectivity index (χ4v) is 6.58. The molecular weight excluding hydrogens is 695 g/mol. The minimum atomic E-state index is -4.61. The highest BCUT2D eigenvalue weighted by Gasteiger charge is 2.27.